The normalized spacial score (nSPS) is 40.3. The molecule has 5 aliphatic rings. The quantitative estimate of drug-likeness (QED) is 0.119. The van der Waals surface area contributed by atoms with Gasteiger partial charge < -0.3 is 28.4 Å². The van der Waals surface area contributed by atoms with E-state index in [0.29, 0.717) is 35.5 Å². The van der Waals surface area contributed by atoms with E-state index in [4.69, 9.17) is 28.4 Å². The fourth-order valence-electron chi connectivity index (χ4n) is 11.3. The molecule has 3 saturated carbocycles. The first-order valence-electron chi connectivity index (χ1n) is 19.7. The molecule has 0 aromatic heterocycles. The second-order valence-corrected chi connectivity index (χ2v) is 17.5. The van der Waals surface area contributed by atoms with Gasteiger partial charge in [0.15, 0.2) is 24.6 Å². The van der Waals surface area contributed by atoms with Crippen LogP contribution in [0.5, 0.6) is 0 Å². The van der Waals surface area contributed by atoms with Crippen LogP contribution in [0.15, 0.2) is 23.8 Å². The summed E-state index contributed by atoms with van der Waals surface area (Å²) >= 11 is 0. The maximum Gasteiger partial charge on any atom is 0.303 e. The highest BCUT2D eigenvalue weighted by molar-refractivity contribution is 5.68. The van der Waals surface area contributed by atoms with Gasteiger partial charge in [0.2, 0.25) is 0 Å². The summed E-state index contributed by atoms with van der Waals surface area (Å²) in [5.74, 6) is 0.812. The SMILES string of the molecule is C=C(CC[C@@H](C)[C@H]1[C@@H](OC(C)=O)C[C@H]2[C@@H]3CC=C4C[C@@H](O[C@@H]5O[C@@H](C)[C@@H](OC(C)=O)[C@@H](OC(C)=O)[C@@H]5OC(C)=O)CC[C@]4(C)[C@H]3CC[C@]12C)C(C)C. The molecule has 5 rings (SSSR count). The minimum absolute atomic E-state index is 0.0242. The molecular formula is C42H64O10. The van der Waals surface area contributed by atoms with Crippen LogP contribution in [-0.4, -0.2) is 66.8 Å². The summed E-state index contributed by atoms with van der Waals surface area (Å²) in [6.45, 7) is 23.1. The van der Waals surface area contributed by atoms with Crippen molar-refractivity contribution in [1.82, 2.24) is 0 Å². The van der Waals surface area contributed by atoms with Crippen molar-refractivity contribution in [2.24, 2.45) is 46.3 Å². The van der Waals surface area contributed by atoms with Gasteiger partial charge in [0, 0.05) is 33.6 Å². The fraction of sp³-hybridized carbons (Fsp3) is 0.810. The number of carbonyl (C=O) groups excluding carboxylic acids is 4. The lowest BCUT2D eigenvalue weighted by molar-refractivity contribution is -0.311. The Morgan fingerprint density at radius 2 is 1.48 bits per heavy atom. The second-order valence-electron chi connectivity index (χ2n) is 17.5. The minimum Gasteiger partial charge on any atom is -0.462 e. The van der Waals surface area contributed by atoms with E-state index < -0.39 is 48.6 Å². The van der Waals surface area contributed by atoms with E-state index >= 15 is 0 Å². The highest BCUT2D eigenvalue weighted by Crippen LogP contribution is 2.68. The summed E-state index contributed by atoms with van der Waals surface area (Å²) in [5, 5.41) is 0. The van der Waals surface area contributed by atoms with Crippen molar-refractivity contribution in [3.05, 3.63) is 23.8 Å². The summed E-state index contributed by atoms with van der Waals surface area (Å²) < 4.78 is 35.7. The van der Waals surface area contributed by atoms with Gasteiger partial charge in [-0.3, -0.25) is 19.2 Å². The molecule has 0 N–H and O–H groups in total. The van der Waals surface area contributed by atoms with E-state index in [2.05, 4.69) is 47.3 Å². The Labute approximate surface area is 311 Å². The zero-order valence-corrected chi connectivity index (χ0v) is 33.2. The fourth-order valence-corrected chi connectivity index (χ4v) is 11.3. The largest absolute Gasteiger partial charge is 0.462 e. The van der Waals surface area contributed by atoms with E-state index in [1.165, 1.54) is 31.9 Å². The van der Waals surface area contributed by atoms with Crippen LogP contribution >= 0.6 is 0 Å². The molecule has 292 valence electrons. The van der Waals surface area contributed by atoms with E-state index in [1.807, 2.05) is 0 Å². The van der Waals surface area contributed by atoms with Crippen LogP contribution in [-0.2, 0) is 47.6 Å². The Kier molecular flexibility index (Phi) is 12.4. The maximum absolute atomic E-state index is 12.4. The van der Waals surface area contributed by atoms with Crippen molar-refractivity contribution in [3.8, 4) is 0 Å². The third-order valence-corrected chi connectivity index (χ3v) is 13.8. The van der Waals surface area contributed by atoms with Crippen molar-refractivity contribution in [3.63, 3.8) is 0 Å². The molecule has 0 spiro atoms. The molecule has 1 saturated heterocycles. The molecule has 1 aliphatic heterocycles. The van der Waals surface area contributed by atoms with E-state index in [-0.39, 0.29) is 29.0 Å². The first-order valence-corrected chi connectivity index (χ1v) is 19.7. The predicted octanol–water partition coefficient (Wildman–Crippen LogP) is 7.66. The molecule has 4 aliphatic carbocycles. The Hall–Kier alpha value is -2.72. The summed E-state index contributed by atoms with van der Waals surface area (Å²) in [6.07, 6.45) is 6.08. The van der Waals surface area contributed by atoms with E-state index in [0.717, 1.165) is 57.8 Å². The number of ether oxygens (including phenoxy) is 6. The molecule has 1 heterocycles. The van der Waals surface area contributed by atoms with Gasteiger partial charge in [-0.15, -0.1) is 0 Å². The molecular weight excluding hydrogens is 664 g/mol. The highest BCUT2D eigenvalue weighted by Gasteiger charge is 2.63. The lowest BCUT2D eigenvalue weighted by atomic mass is 9.47. The van der Waals surface area contributed by atoms with Crippen LogP contribution in [0.4, 0.5) is 0 Å². The molecule has 4 fully saturated rings. The smallest absolute Gasteiger partial charge is 0.303 e. The average Bonchev–Trinajstić information content (AvgIpc) is 3.33. The molecule has 0 amide bonds. The summed E-state index contributed by atoms with van der Waals surface area (Å²) in [5.41, 5.74) is 2.82. The molecule has 0 unspecified atom stereocenters. The topological polar surface area (TPSA) is 124 Å². The number of hydrogen-bond acceptors (Lipinski definition) is 10. The molecule has 0 aromatic carbocycles. The molecule has 10 heteroatoms. The molecule has 0 bridgehead atoms. The number of rotatable bonds is 11. The number of fused-ring (bicyclic) bond motifs is 5. The summed E-state index contributed by atoms with van der Waals surface area (Å²) in [7, 11) is 0. The van der Waals surface area contributed by atoms with Crippen LogP contribution in [0.25, 0.3) is 0 Å². The molecule has 0 aromatic rings. The van der Waals surface area contributed by atoms with Crippen LogP contribution in [0.3, 0.4) is 0 Å². The Morgan fingerprint density at radius 3 is 2.10 bits per heavy atom. The molecule has 10 nitrogen and oxygen atoms in total. The lowest BCUT2D eigenvalue weighted by Crippen LogP contribution is -2.61. The van der Waals surface area contributed by atoms with Crippen LogP contribution < -0.4 is 0 Å². The van der Waals surface area contributed by atoms with Crippen molar-refractivity contribution < 1.29 is 47.6 Å². The maximum atomic E-state index is 12.4. The molecule has 52 heavy (non-hydrogen) atoms. The third kappa shape index (κ3) is 8.18. The highest BCUT2D eigenvalue weighted by atomic mass is 16.7. The lowest BCUT2D eigenvalue weighted by Gasteiger charge is -2.58. The molecule has 0 radical (unpaired) electrons. The molecule has 14 atom stereocenters. The number of hydrogen-bond donors (Lipinski definition) is 0. The van der Waals surface area contributed by atoms with Crippen LogP contribution in [0.1, 0.15) is 127 Å². The van der Waals surface area contributed by atoms with E-state index in [9.17, 15) is 19.2 Å². The van der Waals surface area contributed by atoms with Gasteiger partial charge >= 0.3 is 23.9 Å². The van der Waals surface area contributed by atoms with Gasteiger partial charge in [-0.2, -0.15) is 0 Å². The van der Waals surface area contributed by atoms with Crippen LogP contribution in [0.2, 0.25) is 0 Å². The van der Waals surface area contributed by atoms with Crippen molar-refractivity contribution >= 4 is 23.9 Å². The number of carbonyl (C=O) groups is 4. The van der Waals surface area contributed by atoms with Crippen LogP contribution in [0, 0.1) is 46.3 Å². The number of esters is 4. The average molecular weight is 729 g/mol. The third-order valence-electron chi connectivity index (χ3n) is 13.8. The van der Waals surface area contributed by atoms with Gasteiger partial charge in [0.25, 0.3) is 0 Å². The first kappa shape index (κ1) is 40.5. The first-order chi connectivity index (χ1) is 24.3. The number of allylic oxidation sites excluding steroid dienone is 2. The van der Waals surface area contributed by atoms with E-state index in [1.54, 1.807) is 13.8 Å². The standard InChI is InChI=1S/C42H64O10/c1-22(2)23(3)12-13-24(4)36-35(48-26(6)43)21-34-32-15-14-30-20-31(16-18-41(30,10)33(32)17-19-42(34,36)11)52-40-39(51-29(9)46)38(50-28(8)45)37(25(5)47-40)49-27(7)44/h14,22,24-25,31-40H,3,12-13,15-21H2,1-2,4-11H3/t24-,25+,31+,32-,33+,34+,35+,36+,37-,38-,39+,40+,41+,42+/m1/s1. The minimum atomic E-state index is -1.11. The monoisotopic (exact) mass is 728 g/mol. The Balaban J connectivity index is 1.34. The van der Waals surface area contributed by atoms with Gasteiger partial charge in [0.1, 0.15) is 6.10 Å². The predicted molar refractivity (Wildman–Crippen MR) is 194 cm³/mol. The Bertz CT molecular complexity index is 1400. The van der Waals surface area contributed by atoms with Gasteiger partial charge in [-0.05, 0) is 105 Å². The summed E-state index contributed by atoms with van der Waals surface area (Å²) in [6, 6.07) is 0. The van der Waals surface area contributed by atoms with Gasteiger partial charge in [-0.25, -0.2) is 0 Å². The van der Waals surface area contributed by atoms with Gasteiger partial charge in [0.05, 0.1) is 12.2 Å². The zero-order valence-electron chi connectivity index (χ0n) is 33.2. The van der Waals surface area contributed by atoms with Crippen molar-refractivity contribution in [2.45, 2.75) is 170 Å². The van der Waals surface area contributed by atoms with Crippen molar-refractivity contribution in [2.75, 3.05) is 0 Å². The second kappa shape index (κ2) is 15.9. The zero-order chi connectivity index (χ0) is 38.3. The summed E-state index contributed by atoms with van der Waals surface area (Å²) in [4.78, 5) is 48.8. The Morgan fingerprint density at radius 1 is 0.865 bits per heavy atom. The van der Waals surface area contributed by atoms with Crippen molar-refractivity contribution in [1.29, 1.82) is 0 Å². The van der Waals surface area contributed by atoms with Gasteiger partial charge in [-0.1, -0.05) is 58.4 Å².